The Bertz CT molecular complexity index is 606. The van der Waals surface area contributed by atoms with Crippen molar-refractivity contribution in [3.8, 4) is 0 Å². The van der Waals surface area contributed by atoms with Gasteiger partial charge in [0.2, 0.25) is 0 Å². The van der Waals surface area contributed by atoms with E-state index in [-0.39, 0.29) is 6.04 Å². The number of rotatable bonds is 3. The van der Waals surface area contributed by atoms with Gasteiger partial charge in [0, 0.05) is 32.1 Å². The van der Waals surface area contributed by atoms with Crippen molar-refractivity contribution < 1.29 is 0 Å². The van der Waals surface area contributed by atoms with Gasteiger partial charge in [-0.1, -0.05) is 0 Å². The second-order valence-electron chi connectivity index (χ2n) is 3.97. The first-order valence-corrected chi connectivity index (χ1v) is 7.93. The normalized spacial score (nSPS) is 13.3. The predicted octanol–water partition coefficient (Wildman–Crippen LogP) is 3.97. The van der Waals surface area contributed by atoms with E-state index in [0.29, 0.717) is 0 Å². The Hall–Kier alpha value is -0.750. The minimum atomic E-state index is 0.0705. The number of fused-ring (bicyclic) bond motifs is 1. The Balaban J connectivity index is 1.82. The lowest BCUT2D eigenvalue weighted by Gasteiger charge is -2.06. The standard InChI is InChI=1S/C12H12N2S3/c1-7-14-8(6-16-7)4-9(13)11-5-12-10(17-11)2-3-15-12/h2-3,5-6,9H,4,13H2,1H3. The van der Waals surface area contributed by atoms with Gasteiger partial charge in [0.15, 0.2) is 0 Å². The second-order valence-corrected chi connectivity index (χ2v) is 7.09. The number of aromatic nitrogens is 1. The Labute approximate surface area is 112 Å². The number of thiophene rings is 2. The van der Waals surface area contributed by atoms with Crippen LogP contribution in [0.3, 0.4) is 0 Å². The Kier molecular flexibility index (Phi) is 3.00. The van der Waals surface area contributed by atoms with E-state index in [2.05, 4.69) is 27.9 Å². The highest BCUT2D eigenvalue weighted by Crippen LogP contribution is 2.33. The molecular formula is C12H12N2S3. The lowest BCUT2D eigenvalue weighted by Crippen LogP contribution is -2.11. The number of nitrogens with two attached hydrogens (primary N) is 1. The molecule has 0 fully saturated rings. The maximum Gasteiger partial charge on any atom is 0.0897 e. The second kappa shape index (κ2) is 4.49. The third kappa shape index (κ3) is 2.28. The number of nitrogens with zero attached hydrogens (tertiary/aromatic N) is 1. The van der Waals surface area contributed by atoms with E-state index in [0.717, 1.165) is 17.1 Å². The SMILES string of the molecule is Cc1nc(CC(N)c2cc3sccc3s2)cs1. The van der Waals surface area contributed by atoms with Crippen LogP contribution in [0.5, 0.6) is 0 Å². The van der Waals surface area contributed by atoms with Crippen LogP contribution in [0.25, 0.3) is 9.40 Å². The maximum absolute atomic E-state index is 6.24. The molecule has 17 heavy (non-hydrogen) atoms. The Morgan fingerprint density at radius 1 is 1.35 bits per heavy atom. The molecule has 0 saturated heterocycles. The molecule has 5 heteroatoms. The van der Waals surface area contributed by atoms with Crippen molar-refractivity contribution >= 4 is 43.4 Å². The summed E-state index contributed by atoms with van der Waals surface area (Å²) in [4.78, 5) is 5.73. The highest BCUT2D eigenvalue weighted by atomic mass is 32.1. The molecule has 3 rings (SSSR count). The number of thiazole rings is 1. The summed E-state index contributed by atoms with van der Waals surface area (Å²) in [7, 11) is 0. The van der Waals surface area contributed by atoms with Crippen LogP contribution in [0.4, 0.5) is 0 Å². The van der Waals surface area contributed by atoms with E-state index >= 15 is 0 Å². The van der Waals surface area contributed by atoms with Crippen LogP contribution in [-0.4, -0.2) is 4.98 Å². The van der Waals surface area contributed by atoms with Gasteiger partial charge in [-0.25, -0.2) is 4.98 Å². The van der Waals surface area contributed by atoms with E-state index in [1.807, 2.05) is 6.92 Å². The minimum absolute atomic E-state index is 0.0705. The fraction of sp³-hybridized carbons (Fsp3) is 0.250. The van der Waals surface area contributed by atoms with Crippen LogP contribution < -0.4 is 5.73 Å². The molecule has 2 nitrogen and oxygen atoms in total. The molecule has 0 bridgehead atoms. The third-order valence-corrected chi connectivity index (χ3v) is 5.67. The summed E-state index contributed by atoms with van der Waals surface area (Å²) >= 11 is 5.26. The van der Waals surface area contributed by atoms with E-state index in [9.17, 15) is 0 Å². The van der Waals surface area contributed by atoms with Gasteiger partial charge in [-0.2, -0.15) is 0 Å². The quantitative estimate of drug-likeness (QED) is 0.788. The zero-order chi connectivity index (χ0) is 11.8. The first kappa shape index (κ1) is 11.3. The van der Waals surface area contributed by atoms with Gasteiger partial charge in [-0.05, 0) is 24.4 Å². The molecule has 3 heterocycles. The van der Waals surface area contributed by atoms with Crippen molar-refractivity contribution in [2.24, 2.45) is 5.73 Å². The third-order valence-electron chi connectivity index (χ3n) is 2.62. The summed E-state index contributed by atoms with van der Waals surface area (Å²) in [6.45, 7) is 2.03. The molecule has 3 aromatic heterocycles. The summed E-state index contributed by atoms with van der Waals surface area (Å²) in [6.07, 6.45) is 0.831. The van der Waals surface area contributed by atoms with Crippen LogP contribution in [0, 0.1) is 6.92 Å². The highest BCUT2D eigenvalue weighted by molar-refractivity contribution is 7.26. The maximum atomic E-state index is 6.24. The van der Waals surface area contributed by atoms with Gasteiger partial charge in [0.1, 0.15) is 0 Å². The first-order valence-electron chi connectivity index (χ1n) is 5.36. The molecule has 0 spiro atoms. The van der Waals surface area contributed by atoms with Crippen molar-refractivity contribution in [3.63, 3.8) is 0 Å². The lowest BCUT2D eigenvalue weighted by molar-refractivity contribution is 0.723. The van der Waals surface area contributed by atoms with Gasteiger partial charge in [-0.3, -0.25) is 0 Å². The molecular weight excluding hydrogens is 268 g/mol. The van der Waals surface area contributed by atoms with Crippen LogP contribution in [0.2, 0.25) is 0 Å². The zero-order valence-electron chi connectivity index (χ0n) is 9.34. The Morgan fingerprint density at radius 2 is 2.24 bits per heavy atom. The van der Waals surface area contributed by atoms with Crippen LogP contribution >= 0.6 is 34.0 Å². The lowest BCUT2D eigenvalue weighted by atomic mass is 10.1. The van der Waals surface area contributed by atoms with Crippen molar-refractivity contribution in [3.05, 3.63) is 38.5 Å². The summed E-state index contributed by atoms with van der Waals surface area (Å²) in [5, 5.41) is 5.34. The fourth-order valence-corrected chi connectivity index (χ4v) is 4.54. The first-order chi connectivity index (χ1) is 8.22. The van der Waals surface area contributed by atoms with E-state index in [1.54, 1.807) is 34.0 Å². The smallest absolute Gasteiger partial charge is 0.0897 e. The molecule has 3 aromatic rings. The van der Waals surface area contributed by atoms with Crippen LogP contribution in [-0.2, 0) is 6.42 Å². The molecule has 0 saturated carbocycles. The number of hydrogen-bond acceptors (Lipinski definition) is 5. The van der Waals surface area contributed by atoms with Gasteiger partial charge in [0.25, 0.3) is 0 Å². The highest BCUT2D eigenvalue weighted by Gasteiger charge is 2.12. The monoisotopic (exact) mass is 280 g/mol. The summed E-state index contributed by atoms with van der Waals surface area (Å²) < 4.78 is 2.69. The molecule has 1 atom stereocenters. The van der Waals surface area contributed by atoms with Gasteiger partial charge in [0.05, 0.1) is 10.7 Å². The summed E-state index contributed by atoms with van der Waals surface area (Å²) in [5.41, 5.74) is 7.35. The predicted molar refractivity (Wildman–Crippen MR) is 77.2 cm³/mol. The van der Waals surface area contributed by atoms with Gasteiger partial charge < -0.3 is 5.73 Å². The van der Waals surface area contributed by atoms with Crippen molar-refractivity contribution in [2.75, 3.05) is 0 Å². The number of aryl methyl sites for hydroxylation is 1. The van der Waals surface area contributed by atoms with Crippen molar-refractivity contribution in [1.29, 1.82) is 0 Å². The Morgan fingerprint density at radius 3 is 2.94 bits per heavy atom. The van der Waals surface area contributed by atoms with Crippen LogP contribution in [0.15, 0.2) is 22.9 Å². The van der Waals surface area contributed by atoms with Crippen LogP contribution in [0.1, 0.15) is 21.6 Å². The molecule has 0 aromatic carbocycles. The van der Waals surface area contributed by atoms with Gasteiger partial charge in [-0.15, -0.1) is 34.0 Å². The summed E-state index contributed by atoms with van der Waals surface area (Å²) in [6, 6.07) is 4.45. The molecule has 1 unspecified atom stereocenters. The molecule has 0 radical (unpaired) electrons. The fourth-order valence-electron chi connectivity index (χ4n) is 1.80. The molecule has 88 valence electrons. The molecule has 2 N–H and O–H groups in total. The molecule has 0 aliphatic carbocycles. The molecule has 0 aliphatic rings. The van der Waals surface area contributed by atoms with E-state index in [1.165, 1.54) is 14.3 Å². The van der Waals surface area contributed by atoms with E-state index < -0.39 is 0 Å². The number of hydrogen-bond donors (Lipinski definition) is 1. The van der Waals surface area contributed by atoms with Crippen molar-refractivity contribution in [2.45, 2.75) is 19.4 Å². The average Bonchev–Trinajstić information content (AvgIpc) is 2.92. The molecule has 0 aliphatic heterocycles. The largest absolute Gasteiger partial charge is 0.323 e. The molecule has 0 amide bonds. The van der Waals surface area contributed by atoms with E-state index in [4.69, 9.17) is 5.73 Å². The van der Waals surface area contributed by atoms with Crippen molar-refractivity contribution in [1.82, 2.24) is 4.98 Å². The topological polar surface area (TPSA) is 38.9 Å². The summed E-state index contributed by atoms with van der Waals surface area (Å²) in [5.74, 6) is 0. The zero-order valence-corrected chi connectivity index (χ0v) is 11.8. The van der Waals surface area contributed by atoms with Gasteiger partial charge >= 0.3 is 0 Å². The average molecular weight is 280 g/mol. The minimum Gasteiger partial charge on any atom is -0.323 e.